The SMILES string of the molecule is Nc1cc2oc(=O)[nH]c2cc1OC1CCC1. The lowest BCUT2D eigenvalue weighted by atomic mass is 9.96. The molecule has 0 bridgehead atoms. The zero-order chi connectivity index (χ0) is 11.1. The molecule has 1 fully saturated rings. The van der Waals surface area contributed by atoms with Crippen LogP contribution in [0.25, 0.3) is 11.1 Å². The van der Waals surface area contributed by atoms with Gasteiger partial charge in [0.25, 0.3) is 0 Å². The molecule has 0 spiro atoms. The molecule has 1 aliphatic carbocycles. The smallest absolute Gasteiger partial charge is 0.417 e. The van der Waals surface area contributed by atoms with Crippen molar-refractivity contribution < 1.29 is 9.15 Å². The number of hydrogen-bond donors (Lipinski definition) is 2. The molecule has 0 radical (unpaired) electrons. The molecule has 0 saturated heterocycles. The number of nitrogens with two attached hydrogens (primary N) is 1. The lowest BCUT2D eigenvalue weighted by Gasteiger charge is -2.26. The van der Waals surface area contributed by atoms with Crippen molar-refractivity contribution in [2.45, 2.75) is 25.4 Å². The van der Waals surface area contributed by atoms with Gasteiger partial charge in [0.1, 0.15) is 5.75 Å². The largest absolute Gasteiger partial charge is 0.488 e. The Morgan fingerprint density at radius 2 is 2.25 bits per heavy atom. The Labute approximate surface area is 91.2 Å². The molecular formula is C11H12N2O3. The van der Waals surface area contributed by atoms with Crippen LogP contribution in [0.4, 0.5) is 5.69 Å². The molecule has 3 rings (SSSR count). The molecular weight excluding hydrogens is 208 g/mol. The lowest BCUT2D eigenvalue weighted by molar-refractivity contribution is 0.121. The fourth-order valence-electron chi connectivity index (χ4n) is 1.76. The first-order valence-corrected chi connectivity index (χ1v) is 5.31. The van der Waals surface area contributed by atoms with Crippen LogP contribution < -0.4 is 16.2 Å². The normalized spacial score (nSPS) is 16.2. The number of anilines is 1. The monoisotopic (exact) mass is 220 g/mol. The number of aromatic nitrogens is 1. The first kappa shape index (κ1) is 9.33. The van der Waals surface area contributed by atoms with E-state index in [1.54, 1.807) is 12.1 Å². The zero-order valence-electron chi connectivity index (χ0n) is 8.66. The number of hydrogen-bond acceptors (Lipinski definition) is 4. The van der Waals surface area contributed by atoms with E-state index < -0.39 is 5.76 Å². The number of fused-ring (bicyclic) bond motifs is 1. The van der Waals surface area contributed by atoms with Gasteiger partial charge in [-0.05, 0) is 19.3 Å². The van der Waals surface area contributed by atoms with Gasteiger partial charge in [-0.3, -0.25) is 4.98 Å². The second-order valence-corrected chi connectivity index (χ2v) is 4.07. The summed E-state index contributed by atoms with van der Waals surface area (Å²) in [5.41, 5.74) is 7.40. The molecule has 2 aromatic rings. The van der Waals surface area contributed by atoms with Gasteiger partial charge in [0, 0.05) is 12.1 Å². The molecule has 1 aromatic heterocycles. The highest BCUT2D eigenvalue weighted by atomic mass is 16.5. The first-order valence-electron chi connectivity index (χ1n) is 5.31. The van der Waals surface area contributed by atoms with E-state index in [2.05, 4.69) is 4.98 Å². The van der Waals surface area contributed by atoms with E-state index in [4.69, 9.17) is 14.9 Å². The molecule has 16 heavy (non-hydrogen) atoms. The van der Waals surface area contributed by atoms with Crippen LogP contribution in [-0.2, 0) is 0 Å². The van der Waals surface area contributed by atoms with Crippen molar-refractivity contribution in [3.8, 4) is 5.75 Å². The molecule has 84 valence electrons. The van der Waals surface area contributed by atoms with Crippen LogP contribution in [0.1, 0.15) is 19.3 Å². The maximum absolute atomic E-state index is 11.0. The predicted molar refractivity (Wildman–Crippen MR) is 59.5 cm³/mol. The van der Waals surface area contributed by atoms with Crippen LogP contribution in [0.15, 0.2) is 21.3 Å². The van der Waals surface area contributed by atoms with Crippen LogP contribution in [0.2, 0.25) is 0 Å². The summed E-state index contributed by atoms with van der Waals surface area (Å²) < 4.78 is 10.6. The Morgan fingerprint density at radius 1 is 1.44 bits per heavy atom. The van der Waals surface area contributed by atoms with Gasteiger partial charge < -0.3 is 14.9 Å². The van der Waals surface area contributed by atoms with Crippen LogP contribution in [0.5, 0.6) is 5.75 Å². The van der Waals surface area contributed by atoms with E-state index in [1.807, 2.05) is 0 Å². The molecule has 5 heteroatoms. The van der Waals surface area contributed by atoms with Gasteiger partial charge in [0.15, 0.2) is 5.58 Å². The lowest BCUT2D eigenvalue weighted by Crippen LogP contribution is -2.24. The number of H-pyrrole nitrogens is 1. The Hall–Kier alpha value is -1.91. The Balaban J connectivity index is 2.02. The maximum atomic E-state index is 11.0. The highest BCUT2D eigenvalue weighted by molar-refractivity contribution is 5.80. The van der Waals surface area contributed by atoms with E-state index in [-0.39, 0.29) is 6.10 Å². The van der Waals surface area contributed by atoms with Gasteiger partial charge >= 0.3 is 5.76 Å². The van der Waals surface area contributed by atoms with Crippen LogP contribution in [0, 0.1) is 0 Å². The highest BCUT2D eigenvalue weighted by Gasteiger charge is 2.20. The van der Waals surface area contributed by atoms with Gasteiger partial charge in [-0.2, -0.15) is 0 Å². The van der Waals surface area contributed by atoms with Crippen molar-refractivity contribution in [2.24, 2.45) is 0 Å². The summed E-state index contributed by atoms with van der Waals surface area (Å²) in [6.45, 7) is 0. The number of aromatic amines is 1. The van der Waals surface area contributed by atoms with E-state index in [0.29, 0.717) is 22.5 Å². The topological polar surface area (TPSA) is 81.2 Å². The number of oxazole rings is 1. The van der Waals surface area contributed by atoms with Crippen molar-refractivity contribution in [1.29, 1.82) is 0 Å². The number of nitrogen functional groups attached to an aromatic ring is 1. The van der Waals surface area contributed by atoms with Crippen LogP contribution in [0.3, 0.4) is 0 Å². The minimum Gasteiger partial charge on any atom is -0.488 e. The van der Waals surface area contributed by atoms with Crippen molar-refractivity contribution >= 4 is 16.8 Å². The summed E-state index contributed by atoms with van der Waals surface area (Å²) in [4.78, 5) is 13.6. The summed E-state index contributed by atoms with van der Waals surface area (Å²) in [6.07, 6.45) is 3.60. The second kappa shape index (κ2) is 3.30. The van der Waals surface area contributed by atoms with Crippen molar-refractivity contribution in [3.05, 3.63) is 22.7 Å². The summed E-state index contributed by atoms with van der Waals surface area (Å²) in [6, 6.07) is 3.33. The van der Waals surface area contributed by atoms with Gasteiger partial charge in [-0.15, -0.1) is 0 Å². The first-order chi connectivity index (χ1) is 7.72. The molecule has 0 atom stereocenters. The quantitative estimate of drug-likeness (QED) is 0.754. The predicted octanol–water partition coefficient (Wildman–Crippen LogP) is 1.63. The third kappa shape index (κ3) is 1.44. The zero-order valence-corrected chi connectivity index (χ0v) is 8.66. The molecule has 0 amide bonds. The molecule has 1 saturated carbocycles. The van der Waals surface area contributed by atoms with Crippen LogP contribution >= 0.6 is 0 Å². The van der Waals surface area contributed by atoms with Crippen molar-refractivity contribution in [2.75, 3.05) is 5.73 Å². The molecule has 1 aliphatic rings. The Bertz CT molecular complexity index is 580. The van der Waals surface area contributed by atoms with Crippen molar-refractivity contribution in [1.82, 2.24) is 4.98 Å². The molecule has 1 heterocycles. The third-order valence-corrected chi connectivity index (χ3v) is 2.90. The molecule has 3 N–H and O–H groups in total. The average molecular weight is 220 g/mol. The van der Waals surface area contributed by atoms with E-state index in [9.17, 15) is 4.79 Å². The summed E-state index contributed by atoms with van der Waals surface area (Å²) in [5.74, 6) is 0.143. The standard InChI is InChI=1S/C11H12N2O3/c12-7-4-10-8(13-11(14)16-10)5-9(7)15-6-2-1-3-6/h4-6H,1-3,12H2,(H,13,14). The molecule has 0 unspecified atom stereocenters. The Morgan fingerprint density at radius 3 is 2.94 bits per heavy atom. The van der Waals surface area contributed by atoms with Gasteiger partial charge in [-0.25, -0.2) is 4.79 Å². The van der Waals surface area contributed by atoms with Crippen molar-refractivity contribution in [3.63, 3.8) is 0 Å². The summed E-state index contributed by atoms with van der Waals surface area (Å²) in [5, 5.41) is 0. The average Bonchev–Trinajstić information content (AvgIpc) is 2.50. The van der Waals surface area contributed by atoms with E-state index in [0.717, 1.165) is 12.8 Å². The third-order valence-electron chi connectivity index (χ3n) is 2.90. The fraction of sp³-hybridized carbons (Fsp3) is 0.364. The maximum Gasteiger partial charge on any atom is 0.417 e. The van der Waals surface area contributed by atoms with Gasteiger partial charge in [0.2, 0.25) is 0 Å². The van der Waals surface area contributed by atoms with Gasteiger partial charge in [0.05, 0.1) is 17.3 Å². The van der Waals surface area contributed by atoms with E-state index >= 15 is 0 Å². The second-order valence-electron chi connectivity index (χ2n) is 4.07. The molecule has 5 nitrogen and oxygen atoms in total. The van der Waals surface area contributed by atoms with E-state index in [1.165, 1.54) is 6.42 Å². The van der Waals surface area contributed by atoms with Crippen LogP contribution in [-0.4, -0.2) is 11.1 Å². The minimum atomic E-state index is -0.477. The number of ether oxygens (including phenoxy) is 1. The minimum absolute atomic E-state index is 0.262. The highest BCUT2D eigenvalue weighted by Crippen LogP contribution is 2.31. The van der Waals surface area contributed by atoms with Gasteiger partial charge in [-0.1, -0.05) is 0 Å². The number of benzene rings is 1. The fourth-order valence-corrected chi connectivity index (χ4v) is 1.76. The molecule has 1 aromatic carbocycles. The number of rotatable bonds is 2. The number of nitrogens with one attached hydrogen (secondary N) is 1. The molecule has 0 aliphatic heterocycles. The summed E-state index contributed by atoms with van der Waals surface area (Å²) in [7, 11) is 0. The Kier molecular flexibility index (Phi) is 1.92. The summed E-state index contributed by atoms with van der Waals surface area (Å²) >= 11 is 0.